The number of carbonyl (C=O) groups is 1. The average Bonchev–Trinajstić information content (AvgIpc) is 2.96. The van der Waals surface area contributed by atoms with Crippen LogP contribution in [-0.4, -0.2) is 38.1 Å². The van der Waals surface area contributed by atoms with Crippen molar-refractivity contribution in [3.05, 3.63) is 29.8 Å². The minimum Gasteiger partial charge on any atom is -0.325 e. The zero-order valence-electron chi connectivity index (χ0n) is 14.9. The van der Waals surface area contributed by atoms with Crippen LogP contribution in [-0.2, 0) is 20.4 Å². The lowest BCUT2D eigenvalue weighted by molar-refractivity contribution is -0.118. The van der Waals surface area contributed by atoms with E-state index in [1.54, 1.807) is 24.3 Å². The molecule has 2 fully saturated rings. The first kappa shape index (κ1) is 22.0. The fourth-order valence-electron chi connectivity index (χ4n) is 3.64. The van der Waals surface area contributed by atoms with Gasteiger partial charge in [0, 0.05) is 12.1 Å². The molecule has 0 radical (unpaired) electrons. The molecule has 9 heteroatoms. The molecule has 1 unspecified atom stereocenters. The number of benzene rings is 1. The van der Waals surface area contributed by atoms with Crippen molar-refractivity contribution in [3.63, 3.8) is 0 Å². The minimum absolute atomic E-state index is 0. The van der Waals surface area contributed by atoms with Gasteiger partial charge in [0.2, 0.25) is 5.91 Å². The molecule has 152 valence electrons. The van der Waals surface area contributed by atoms with Gasteiger partial charge in [0.25, 0.3) is 5.92 Å². The van der Waals surface area contributed by atoms with Gasteiger partial charge in [0.05, 0.1) is 23.6 Å². The third-order valence-electron chi connectivity index (χ3n) is 5.05. The Kier molecular flexibility index (Phi) is 7.21. The summed E-state index contributed by atoms with van der Waals surface area (Å²) in [4.78, 5) is 12.1. The van der Waals surface area contributed by atoms with Crippen LogP contribution >= 0.6 is 12.4 Å². The van der Waals surface area contributed by atoms with Crippen molar-refractivity contribution in [2.24, 2.45) is 0 Å². The molecular formula is C18H25ClF2N2O3S. The van der Waals surface area contributed by atoms with Crippen molar-refractivity contribution in [2.45, 2.75) is 61.5 Å². The number of carbonyl (C=O) groups excluding carboxylic acids is 1. The molecule has 1 atom stereocenters. The van der Waals surface area contributed by atoms with Gasteiger partial charge in [0.15, 0.2) is 9.84 Å². The number of halogens is 3. The predicted octanol–water partition coefficient (Wildman–Crippen LogP) is 3.29. The molecule has 27 heavy (non-hydrogen) atoms. The van der Waals surface area contributed by atoms with Crippen molar-refractivity contribution >= 4 is 33.8 Å². The summed E-state index contributed by atoms with van der Waals surface area (Å²) in [6.07, 6.45) is 3.86. The number of hydrogen-bond donors (Lipinski definition) is 2. The Morgan fingerprint density at radius 1 is 1.22 bits per heavy atom. The molecule has 1 saturated carbocycles. The predicted molar refractivity (Wildman–Crippen MR) is 103 cm³/mol. The molecule has 5 nitrogen and oxygen atoms in total. The molecule has 1 aromatic carbocycles. The SMILES string of the molecule is Cl.O=C(Nc1cccc(CS(=O)(=O)C2CCCCC2)c1)C1CC(F)(F)CN1. The first-order chi connectivity index (χ1) is 12.3. The zero-order valence-corrected chi connectivity index (χ0v) is 16.6. The summed E-state index contributed by atoms with van der Waals surface area (Å²) < 4.78 is 51.6. The Morgan fingerprint density at radius 3 is 2.56 bits per heavy atom. The van der Waals surface area contributed by atoms with Crippen LogP contribution in [0.4, 0.5) is 14.5 Å². The van der Waals surface area contributed by atoms with Crippen LogP contribution in [0.2, 0.25) is 0 Å². The molecule has 0 bridgehead atoms. The van der Waals surface area contributed by atoms with E-state index in [-0.39, 0.29) is 23.4 Å². The Morgan fingerprint density at radius 2 is 1.93 bits per heavy atom. The van der Waals surface area contributed by atoms with Gasteiger partial charge in [-0.25, -0.2) is 17.2 Å². The fourth-order valence-corrected chi connectivity index (χ4v) is 5.57. The third kappa shape index (κ3) is 5.86. The van der Waals surface area contributed by atoms with Crippen LogP contribution in [0.25, 0.3) is 0 Å². The first-order valence-electron chi connectivity index (χ1n) is 8.98. The quantitative estimate of drug-likeness (QED) is 0.763. The second-order valence-electron chi connectivity index (χ2n) is 7.25. The molecule has 0 aromatic heterocycles. The topological polar surface area (TPSA) is 75.3 Å². The lowest BCUT2D eigenvalue weighted by Gasteiger charge is -2.21. The molecule has 3 rings (SSSR count). The van der Waals surface area contributed by atoms with E-state index in [0.29, 0.717) is 24.1 Å². The Hall–Kier alpha value is -1.25. The summed E-state index contributed by atoms with van der Waals surface area (Å²) >= 11 is 0. The smallest absolute Gasteiger partial charge is 0.262 e. The Balaban J connectivity index is 0.00000261. The standard InChI is InChI=1S/C18H24F2N2O3S.ClH/c19-18(20)10-16(21-12-18)17(23)22-14-6-4-5-13(9-14)11-26(24,25)15-7-2-1-3-8-15;/h4-6,9,15-16,21H,1-3,7-8,10-12H2,(H,22,23);1H. The fraction of sp³-hybridized carbons (Fsp3) is 0.611. The second kappa shape index (κ2) is 8.84. The Labute approximate surface area is 164 Å². The summed E-state index contributed by atoms with van der Waals surface area (Å²) in [5.74, 6) is -3.48. The van der Waals surface area contributed by atoms with E-state index in [9.17, 15) is 22.0 Å². The van der Waals surface area contributed by atoms with Gasteiger partial charge < -0.3 is 5.32 Å². The number of nitrogens with one attached hydrogen (secondary N) is 2. The summed E-state index contributed by atoms with van der Waals surface area (Å²) in [6, 6.07) is 5.66. The molecule has 2 N–H and O–H groups in total. The minimum atomic E-state index is -3.24. The molecule has 1 saturated heterocycles. The second-order valence-corrected chi connectivity index (χ2v) is 9.53. The van der Waals surface area contributed by atoms with Crippen LogP contribution < -0.4 is 10.6 Å². The van der Waals surface area contributed by atoms with Gasteiger partial charge >= 0.3 is 0 Å². The van der Waals surface area contributed by atoms with Crippen LogP contribution in [0.1, 0.15) is 44.1 Å². The number of alkyl halides is 2. The van der Waals surface area contributed by atoms with E-state index in [0.717, 1.165) is 19.3 Å². The maximum absolute atomic E-state index is 13.2. The summed E-state index contributed by atoms with van der Waals surface area (Å²) in [5, 5.41) is 4.81. The van der Waals surface area contributed by atoms with Crippen LogP contribution in [0.3, 0.4) is 0 Å². The van der Waals surface area contributed by atoms with Gasteiger partial charge in [-0.3, -0.25) is 10.1 Å². The van der Waals surface area contributed by atoms with Crippen molar-refractivity contribution in [1.29, 1.82) is 0 Å². The van der Waals surface area contributed by atoms with Crippen molar-refractivity contribution < 1.29 is 22.0 Å². The van der Waals surface area contributed by atoms with E-state index in [4.69, 9.17) is 0 Å². The van der Waals surface area contributed by atoms with E-state index >= 15 is 0 Å². The normalized spacial score (nSPS) is 22.8. The molecular weight excluding hydrogens is 398 g/mol. The highest BCUT2D eigenvalue weighted by Crippen LogP contribution is 2.28. The number of hydrogen-bond acceptors (Lipinski definition) is 4. The lowest BCUT2D eigenvalue weighted by atomic mass is 10.0. The third-order valence-corrected chi connectivity index (χ3v) is 7.27. The van der Waals surface area contributed by atoms with Crippen LogP contribution in [0.5, 0.6) is 0 Å². The highest BCUT2D eigenvalue weighted by molar-refractivity contribution is 7.91. The van der Waals surface area contributed by atoms with E-state index < -0.39 is 40.7 Å². The molecule has 1 heterocycles. The summed E-state index contributed by atoms with van der Waals surface area (Å²) in [5.41, 5.74) is 1.02. The maximum atomic E-state index is 13.2. The zero-order chi connectivity index (χ0) is 18.8. The molecule has 0 spiro atoms. The number of anilines is 1. The van der Waals surface area contributed by atoms with Crippen LogP contribution in [0, 0.1) is 0 Å². The largest absolute Gasteiger partial charge is 0.325 e. The lowest BCUT2D eigenvalue weighted by Crippen LogP contribution is -2.35. The molecule has 1 amide bonds. The maximum Gasteiger partial charge on any atom is 0.262 e. The highest BCUT2D eigenvalue weighted by Gasteiger charge is 2.42. The first-order valence-corrected chi connectivity index (χ1v) is 10.7. The van der Waals surface area contributed by atoms with E-state index in [2.05, 4.69) is 10.6 Å². The number of amides is 1. The van der Waals surface area contributed by atoms with Gasteiger partial charge in [-0.1, -0.05) is 31.4 Å². The van der Waals surface area contributed by atoms with Crippen molar-refractivity contribution in [2.75, 3.05) is 11.9 Å². The average molecular weight is 423 g/mol. The van der Waals surface area contributed by atoms with Gasteiger partial charge in [-0.15, -0.1) is 12.4 Å². The van der Waals surface area contributed by atoms with Gasteiger partial charge in [-0.2, -0.15) is 0 Å². The molecule has 1 aromatic rings. The Bertz CT molecular complexity index is 768. The van der Waals surface area contributed by atoms with Gasteiger partial charge in [0.1, 0.15) is 0 Å². The van der Waals surface area contributed by atoms with E-state index in [1.807, 2.05) is 0 Å². The highest BCUT2D eigenvalue weighted by atomic mass is 35.5. The number of rotatable bonds is 5. The van der Waals surface area contributed by atoms with Crippen molar-refractivity contribution in [1.82, 2.24) is 5.32 Å². The van der Waals surface area contributed by atoms with Gasteiger partial charge in [-0.05, 0) is 30.5 Å². The summed E-state index contributed by atoms with van der Waals surface area (Å²) in [6.45, 7) is -0.509. The van der Waals surface area contributed by atoms with Crippen molar-refractivity contribution in [3.8, 4) is 0 Å². The summed E-state index contributed by atoms with van der Waals surface area (Å²) in [7, 11) is -3.24. The van der Waals surface area contributed by atoms with Crippen LogP contribution in [0.15, 0.2) is 24.3 Å². The van der Waals surface area contributed by atoms with E-state index in [1.165, 1.54) is 0 Å². The molecule has 1 aliphatic carbocycles. The molecule has 1 aliphatic heterocycles. The molecule has 2 aliphatic rings. The number of sulfone groups is 1. The monoisotopic (exact) mass is 422 g/mol.